The molecule has 1 saturated heterocycles. The number of carbonyl (C=O) groups excluding carboxylic acids is 1. The van der Waals surface area contributed by atoms with Crippen LogP contribution in [-0.2, 0) is 17.9 Å². The fourth-order valence-corrected chi connectivity index (χ4v) is 3.37. The first-order valence-corrected chi connectivity index (χ1v) is 10.2. The number of carbonyl (C=O) groups is 1. The lowest BCUT2D eigenvalue weighted by Crippen LogP contribution is -2.35. The van der Waals surface area contributed by atoms with Gasteiger partial charge in [0.1, 0.15) is 11.6 Å². The quantitative estimate of drug-likeness (QED) is 0.635. The maximum absolute atomic E-state index is 13.1. The number of benzene rings is 2. The molecule has 2 aromatic rings. The Bertz CT molecular complexity index is 774. The molecule has 0 aromatic heterocycles. The predicted octanol–water partition coefficient (Wildman–Crippen LogP) is 3.26. The zero-order valence-corrected chi connectivity index (χ0v) is 16.6. The van der Waals surface area contributed by atoms with Gasteiger partial charge in [-0.2, -0.15) is 0 Å². The monoisotopic (exact) mass is 400 g/mol. The van der Waals surface area contributed by atoms with Crippen LogP contribution in [0.25, 0.3) is 0 Å². The summed E-state index contributed by atoms with van der Waals surface area (Å²) in [5.74, 6) is 0.121. The molecule has 2 N–H and O–H groups in total. The Labute approximate surface area is 171 Å². The molecule has 6 heteroatoms. The number of amides is 1. The van der Waals surface area contributed by atoms with E-state index in [1.54, 1.807) is 12.1 Å². The highest BCUT2D eigenvalue weighted by Crippen LogP contribution is 2.15. The van der Waals surface area contributed by atoms with Crippen molar-refractivity contribution in [3.63, 3.8) is 0 Å². The molecular weight excluding hydrogens is 371 g/mol. The highest BCUT2D eigenvalue weighted by Gasteiger charge is 2.16. The molecule has 0 spiro atoms. The average Bonchev–Trinajstić information content (AvgIpc) is 2.72. The zero-order chi connectivity index (χ0) is 20.5. The maximum Gasteiger partial charge on any atom is 0.220 e. The third kappa shape index (κ3) is 7.48. The number of hydrogen-bond acceptors (Lipinski definition) is 4. The molecule has 1 aliphatic rings. The number of nitrogens with one attached hydrogen (secondary N) is 1. The second kappa shape index (κ2) is 10.9. The largest absolute Gasteiger partial charge is 0.493 e. The van der Waals surface area contributed by atoms with Gasteiger partial charge in [0.05, 0.1) is 12.7 Å². The van der Waals surface area contributed by atoms with Gasteiger partial charge in [-0.3, -0.25) is 9.69 Å². The van der Waals surface area contributed by atoms with Crippen molar-refractivity contribution < 1.29 is 19.0 Å². The minimum absolute atomic E-state index is 0.0243. The number of halogens is 1. The van der Waals surface area contributed by atoms with Gasteiger partial charge < -0.3 is 15.2 Å². The third-order valence-electron chi connectivity index (χ3n) is 5.09. The van der Waals surface area contributed by atoms with Crippen molar-refractivity contribution in [2.45, 2.75) is 44.9 Å². The summed E-state index contributed by atoms with van der Waals surface area (Å²) in [5, 5.41) is 12.5. The molecule has 0 atom stereocenters. The number of hydrogen-bond donors (Lipinski definition) is 2. The number of piperidine rings is 1. The first kappa shape index (κ1) is 21.3. The third-order valence-corrected chi connectivity index (χ3v) is 5.09. The summed E-state index contributed by atoms with van der Waals surface area (Å²) in [6.45, 7) is 3.63. The molecule has 1 aliphatic heterocycles. The van der Waals surface area contributed by atoms with Gasteiger partial charge in [0.15, 0.2) is 0 Å². The van der Waals surface area contributed by atoms with E-state index in [1.165, 1.54) is 17.7 Å². The fourth-order valence-electron chi connectivity index (χ4n) is 3.37. The Morgan fingerprint density at radius 2 is 1.86 bits per heavy atom. The molecule has 0 radical (unpaired) electrons. The van der Waals surface area contributed by atoms with Crippen molar-refractivity contribution in [2.75, 3.05) is 19.7 Å². The Balaban J connectivity index is 1.31. The smallest absolute Gasteiger partial charge is 0.220 e. The van der Waals surface area contributed by atoms with Gasteiger partial charge in [0.25, 0.3) is 0 Å². The summed E-state index contributed by atoms with van der Waals surface area (Å²) < 4.78 is 18.5. The molecular formula is C23H29FN2O3. The molecule has 1 amide bonds. The maximum atomic E-state index is 13.1. The highest BCUT2D eigenvalue weighted by atomic mass is 19.1. The average molecular weight is 400 g/mol. The van der Waals surface area contributed by atoms with Crippen LogP contribution in [0.2, 0.25) is 0 Å². The lowest BCUT2D eigenvalue weighted by Gasteiger charge is -2.29. The predicted molar refractivity (Wildman–Crippen MR) is 110 cm³/mol. The molecule has 0 aliphatic carbocycles. The second-order valence-corrected chi connectivity index (χ2v) is 7.51. The van der Waals surface area contributed by atoms with Gasteiger partial charge in [0.2, 0.25) is 5.91 Å². The lowest BCUT2D eigenvalue weighted by molar-refractivity contribution is -0.121. The molecule has 2 aromatic carbocycles. The number of ether oxygens (including phenoxy) is 1. The van der Waals surface area contributed by atoms with E-state index >= 15 is 0 Å². The van der Waals surface area contributed by atoms with Gasteiger partial charge in [-0.25, -0.2) is 4.39 Å². The molecule has 1 heterocycles. The van der Waals surface area contributed by atoms with Crippen molar-refractivity contribution in [2.24, 2.45) is 0 Å². The second-order valence-electron chi connectivity index (χ2n) is 7.51. The van der Waals surface area contributed by atoms with Crippen LogP contribution in [0.15, 0.2) is 48.5 Å². The number of rotatable bonds is 9. The topological polar surface area (TPSA) is 61.8 Å². The zero-order valence-electron chi connectivity index (χ0n) is 16.6. The number of nitrogens with zero attached hydrogens (tertiary/aromatic N) is 1. The van der Waals surface area contributed by atoms with Crippen molar-refractivity contribution in [1.82, 2.24) is 10.2 Å². The first-order chi connectivity index (χ1) is 14.1. The normalized spacial score (nSPS) is 15.2. The first-order valence-electron chi connectivity index (χ1n) is 10.2. The van der Waals surface area contributed by atoms with E-state index in [9.17, 15) is 14.3 Å². The van der Waals surface area contributed by atoms with E-state index in [0.29, 0.717) is 31.7 Å². The van der Waals surface area contributed by atoms with Crippen molar-refractivity contribution in [3.8, 4) is 5.75 Å². The van der Waals surface area contributed by atoms with Gasteiger partial charge in [-0.15, -0.1) is 0 Å². The SMILES string of the molecule is O=C(CCCOc1cccc(F)c1)NCc1ccc(CN2CCC(O)CC2)cc1. The molecule has 1 fully saturated rings. The summed E-state index contributed by atoms with van der Waals surface area (Å²) in [7, 11) is 0. The van der Waals surface area contributed by atoms with Gasteiger partial charge in [-0.05, 0) is 42.5 Å². The minimum Gasteiger partial charge on any atom is -0.493 e. The van der Waals surface area contributed by atoms with Crippen LogP contribution in [0.3, 0.4) is 0 Å². The molecule has 0 bridgehead atoms. The van der Waals surface area contributed by atoms with Gasteiger partial charge >= 0.3 is 0 Å². The summed E-state index contributed by atoms with van der Waals surface area (Å²) >= 11 is 0. The fraction of sp³-hybridized carbons (Fsp3) is 0.435. The van der Waals surface area contributed by atoms with Crippen LogP contribution >= 0.6 is 0 Å². The summed E-state index contributed by atoms with van der Waals surface area (Å²) in [5.41, 5.74) is 2.30. The summed E-state index contributed by atoms with van der Waals surface area (Å²) in [6, 6.07) is 14.3. The van der Waals surface area contributed by atoms with Gasteiger partial charge in [0, 0.05) is 38.7 Å². The van der Waals surface area contributed by atoms with Crippen LogP contribution < -0.4 is 10.1 Å². The lowest BCUT2D eigenvalue weighted by atomic mass is 10.1. The van der Waals surface area contributed by atoms with Crippen LogP contribution in [0.5, 0.6) is 5.75 Å². The minimum atomic E-state index is -0.332. The number of aliphatic hydroxyl groups is 1. The van der Waals surface area contributed by atoms with Crippen molar-refractivity contribution in [1.29, 1.82) is 0 Å². The molecule has 5 nitrogen and oxygen atoms in total. The molecule has 3 rings (SSSR count). The van der Waals surface area contributed by atoms with E-state index < -0.39 is 0 Å². The van der Waals surface area contributed by atoms with Crippen LogP contribution in [0.1, 0.15) is 36.8 Å². The molecule has 29 heavy (non-hydrogen) atoms. The Kier molecular flexibility index (Phi) is 8.02. The van der Waals surface area contributed by atoms with Crippen LogP contribution in [-0.4, -0.2) is 41.7 Å². The van der Waals surface area contributed by atoms with Crippen molar-refractivity contribution in [3.05, 3.63) is 65.5 Å². The Hall–Kier alpha value is -2.44. The van der Waals surface area contributed by atoms with Crippen LogP contribution in [0, 0.1) is 5.82 Å². The summed E-state index contributed by atoms with van der Waals surface area (Å²) in [4.78, 5) is 14.3. The number of likely N-dealkylation sites (tertiary alicyclic amines) is 1. The van der Waals surface area contributed by atoms with E-state index in [1.807, 2.05) is 12.1 Å². The number of aliphatic hydroxyl groups excluding tert-OH is 1. The molecule has 0 unspecified atom stereocenters. The molecule has 156 valence electrons. The van der Waals surface area contributed by atoms with E-state index in [-0.39, 0.29) is 17.8 Å². The van der Waals surface area contributed by atoms with E-state index in [2.05, 4.69) is 22.3 Å². The van der Waals surface area contributed by atoms with E-state index in [0.717, 1.165) is 38.0 Å². The Morgan fingerprint density at radius 3 is 2.59 bits per heavy atom. The van der Waals surface area contributed by atoms with Crippen LogP contribution in [0.4, 0.5) is 4.39 Å². The summed E-state index contributed by atoms with van der Waals surface area (Å²) in [6.07, 6.45) is 2.49. The molecule has 0 saturated carbocycles. The highest BCUT2D eigenvalue weighted by molar-refractivity contribution is 5.75. The van der Waals surface area contributed by atoms with Gasteiger partial charge in [-0.1, -0.05) is 30.3 Å². The van der Waals surface area contributed by atoms with E-state index in [4.69, 9.17) is 4.74 Å². The standard InChI is InChI=1S/C23H29FN2O3/c24-20-3-1-4-22(15-20)29-14-2-5-23(28)25-16-18-6-8-19(9-7-18)17-26-12-10-21(27)11-13-26/h1,3-4,6-9,15,21,27H,2,5,10-14,16-17H2,(H,25,28). The Morgan fingerprint density at radius 1 is 1.14 bits per heavy atom. The van der Waals surface area contributed by atoms with Crippen molar-refractivity contribution >= 4 is 5.91 Å².